The summed E-state index contributed by atoms with van der Waals surface area (Å²) in [5.41, 5.74) is -2.04. The fourth-order valence-corrected chi connectivity index (χ4v) is 7.91. The van der Waals surface area contributed by atoms with Crippen molar-refractivity contribution in [3.63, 3.8) is 0 Å². The summed E-state index contributed by atoms with van der Waals surface area (Å²) < 4.78 is 161. The molecule has 6 rings (SSSR count). The average Bonchev–Trinajstić information content (AvgIpc) is 1.69. The summed E-state index contributed by atoms with van der Waals surface area (Å²) in [5, 5.41) is 46.0. The summed E-state index contributed by atoms with van der Waals surface area (Å²) in [6.07, 6.45) is -26.5. The first-order valence-corrected chi connectivity index (χ1v) is 26.1. The smallest absolute Gasteiger partial charge is 0.394 e. The molecule has 0 bridgehead atoms. The first kappa shape index (κ1) is 70.7. The van der Waals surface area contributed by atoms with Gasteiger partial charge in [0.15, 0.2) is 23.9 Å². The normalized spacial score (nSPS) is 13.8. The molecule has 0 radical (unpaired) electrons. The van der Waals surface area contributed by atoms with Gasteiger partial charge in [0.05, 0.1) is 54.4 Å². The molecule has 6 aromatic rings. The molecule has 0 aliphatic carbocycles. The molecule has 88 heavy (non-hydrogen) atoms. The predicted molar refractivity (Wildman–Crippen MR) is 288 cm³/mol. The lowest BCUT2D eigenvalue weighted by Crippen LogP contribution is -2.51. The second-order valence-corrected chi connectivity index (χ2v) is 21.5. The molecule has 21 nitrogen and oxygen atoms in total. The number of hydrogen-bond acceptors (Lipinski definition) is 13. The molecule has 4 atom stereocenters. The SMILES string of the molecule is CC(C)(CO)NC(=O)C(NC(=O)Cn1nc(-c2ccc(Cl)cc2)n(C[C@H](O)C(F)(F)F)c1=O)c1cccc(C(F)(F)F)c1.CC(C)(N)C(=O)NC(=O)C[C@H](NC(=O)Cn1nc(-c2ccc(Cl)cc2)n(C[C@H](O)C(F)(F)F)c1=O)c1cccc(C(F)(F)F)c1. The Hall–Kier alpha value is -8.11. The van der Waals surface area contributed by atoms with Crippen molar-refractivity contribution >= 4 is 52.7 Å². The van der Waals surface area contributed by atoms with Crippen LogP contribution in [0.15, 0.2) is 107 Å². The highest BCUT2D eigenvalue weighted by atomic mass is 35.5. The van der Waals surface area contributed by atoms with Crippen LogP contribution in [0.25, 0.3) is 22.8 Å². The van der Waals surface area contributed by atoms with Crippen LogP contribution < -0.4 is 38.4 Å². The summed E-state index contributed by atoms with van der Waals surface area (Å²) in [5.74, 6) is -5.83. The fraction of sp³-hybridized carbons (Fsp3) is 0.377. The van der Waals surface area contributed by atoms with Crippen molar-refractivity contribution in [1.82, 2.24) is 50.0 Å². The van der Waals surface area contributed by atoms with Gasteiger partial charge in [0, 0.05) is 21.2 Å². The maximum Gasteiger partial charge on any atom is 0.416 e. The third-order valence-corrected chi connectivity index (χ3v) is 12.8. The van der Waals surface area contributed by atoms with Crippen molar-refractivity contribution in [2.45, 2.75) is 120 Å². The Morgan fingerprint density at radius 1 is 0.591 bits per heavy atom. The van der Waals surface area contributed by atoms with Gasteiger partial charge in [0.2, 0.25) is 29.5 Å². The van der Waals surface area contributed by atoms with E-state index in [1.165, 1.54) is 82.3 Å². The number of imide groups is 1. The molecule has 5 amide bonds. The number of halogens is 14. The molecule has 0 spiro atoms. The number of carbonyl (C=O) groups excluding carboxylic acids is 5. The molecule has 4 aromatic carbocycles. The number of amides is 5. The van der Waals surface area contributed by atoms with Crippen LogP contribution in [0, 0.1) is 0 Å². The molecule has 0 saturated heterocycles. The van der Waals surface area contributed by atoms with Crippen LogP contribution in [-0.2, 0) is 62.5 Å². The van der Waals surface area contributed by atoms with E-state index in [2.05, 4.69) is 26.1 Å². The minimum atomic E-state index is -5.10. The van der Waals surface area contributed by atoms with Crippen molar-refractivity contribution in [3.05, 3.63) is 150 Å². The van der Waals surface area contributed by atoms with E-state index in [0.29, 0.717) is 30.6 Å². The van der Waals surface area contributed by atoms with E-state index in [0.717, 1.165) is 30.3 Å². The van der Waals surface area contributed by atoms with E-state index < -0.39 is 151 Å². The van der Waals surface area contributed by atoms with Crippen molar-refractivity contribution in [3.8, 4) is 22.8 Å². The van der Waals surface area contributed by atoms with Crippen LogP contribution in [0.3, 0.4) is 0 Å². The number of hydrogen-bond donors (Lipinski definition) is 8. The number of nitrogens with one attached hydrogen (secondary N) is 4. The summed E-state index contributed by atoms with van der Waals surface area (Å²) in [7, 11) is 0. The molecule has 2 heterocycles. The zero-order valence-electron chi connectivity index (χ0n) is 46.0. The second kappa shape index (κ2) is 27.9. The number of rotatable bonds is 20. The quantitative estimate of drug-likeness (QED) is 0.0408. The Morgan fingerprint density at radius 2 is 0.989 bits per heavy atom. The lowest BCUT2D eigenvalue weighted by atomic mass is 10.00. The molecule has 0 aliphatic heterocycles. The highest BCUT2D eigenvalue weighted by Crippen LogP contribution is 2.33. The number of aromatic nitrogens is 6. The van der Waals surface area contributed by atoms with Gasteiger partial charge in [-0.05, 0) is 112 Å². The van der Waals surface area contributed by atoms with Gasteiger partial charge in [-0.25, -0.2) is 19.0 Å². The van der Waals surface area contributed by atoms with Crippen LogP contribution in [0.2, 0.25) is 10.0 Å². The maximum atomic E-state index is 13.4. The van der Waals surface area contributed by atoms with Crippen LogP contribution in [0.5, 0.6) is 0 Å². The maximum absolute atomic E-state index is 13.4. The monoisotopic (exact) mass is 1300 g/mol. The molecule has 0 fully saturated rings. The van der Waals surface area contributed by atoms with Crippen LogP contribution in [-0.4, -0.2) is 116 Å². The molecule has 0 aliphatic rings. The predicted octanol–water partition coefficient (Wildman–Crippen LogP) is 5.99. The molecular formula is C53H53Cl2F12N11O10. The highest BCUT2D eigenvalue weighted by Gasteiger charge is 2.41. The number of aliphatic hydroxyl groups excluding tert-OH is 3. The number of alkyl halides is 12. The van der Waals surface area contributed by atoms with E-state index in [1.807, 2.05) is 5.32 Å². The highest BCUT2D eigenvalue weighted by molar-refractivity contribution is 6.31. The van der Waals surface area contributed by atoms with Crippen LogP contribution in [0.1, 0.15) is 68.5 Å². The van der Waals surface area contributed by atoms with Gasteiger partial charge in [-0.1, -0.05) is 47.5 Å². The summed E-state index contributed by atoms with van der Waals surface area (Å²) in [4.78, 5) is 90.1. The summed E-state index contributed by atoms with van der Waals surface area (Å²) >= 11 is 11.7. The standard InChI is InChI=1S/C27H27ClF6N6O5.C26H26ClF6N5O5/c1-25(2,35)23(44)37-20(42)11-18(15-4-3-5-16(10-15)26(29,30)31)36-21(43)13-40-24(45)39(12-19(41)27(32,33)34)22(38-40)14-6-8-17(28)9-7-14;1-24(2,13-39)35-22(42)20(15-4-3-5-16(10-15)25(28,29)30)34-19(41)12-38-23(43)37(11-18(40)26(31,32)33)21(36-38)14-6-8-17(27)9-7-14/h3-10,18-19,41H,11-13,35H2,1-2H3,(H,36,43)(H,37,42,44);3-10,18,20,39-40H,11-13H2,1-2H3,(H,34,41)(H,35,42)/t18-,19-;18-,20?/m00/s1. The fourth-order valence-electron chi connectivity index (χ4n) is 7.66. The van der Waals surface area contributed by atoms with E-state index in [-0.39, 0.29) is 43.9 Å². The zero-order chi connectivity index (χ0) is 66.2. The van der Waals surface area contributed by atoms with Gasteiger partial charge in [-0.3, -0.25) is 38.4 Å². The molecule has 2 aromatic heterocycles. The number of nitrogens with zero attached hydrogens (tertiary/aromatic N) is 6. The first-order valence-electron chi connectivity index (χ1n) is 25.3. The average molecular weight is 1300 g/mol. The Bertz CT molecular complexity index is 3600. The minimum absolute atomic E-state index is 0.107. The Morgan fingerprint density at radius 3 is 1.38 bits per heavy atom. The van der Waals surface area contributed by atoms with Gasteiger partial charge in [0.25, 0.3) is 0 Å². The Labute approximate surface area is 499 Å². The lowest BCUT2D eigenvalue weighted by Gasteiger charge is -2.27. The number of nitrogens with two attached hydrogens (primary N) is 1. The van der Waals surface area contributed by atoms with E-state index in [9.17, 15) is 102 Å². The largest absolute Gasteiger partial charge is 0.416 e. The van der Waals surface area contributed by atoms with Crippen molar-refractivity contribution < 1.29 is 92.0 Å². The van der Waals surface area contributed by atoms with E-state index >= 15 is 0 Å². The van der Waals surface area contributed by atoms with E-state index in [4.69, 9.17) is 28.9 Å². The summed E-state index contributed by atoms with van der Waals surface area (Å²) in [6, 6.07) is 14.7. The van der Waals surface area contributed by atoms with Gasteiger partial charge >= 0.3 is 36.1 Å². The topological polar surface area (TPSA) is 300 Å². The van der Waals surface area contributed by atoms with Crippen molar-refractivity contribution in [2.75, 3.05) is 6.61 Å². The summed E-state index contributed by atoms with van der Waals surface area (Å²) in [6.45, 7) is 0.377. The van der Waals surface area contributed by atoms with Gasteiger partial charge in [0.1, 0.15) is 19.1 Å². The Kier molecular flexibility index (Phi) is 22.4. The minimum Gasteiger partial charge on any atom is -0.394 e. The third kappa shape index (κ3) is 19.4. The molecular weight excluding hydrogens is 1250 g/mol. The third-order valence-electron chi connectivity index (χ3n) is 12.3. The number of benzene rings is 4. The van der Waals surface area contributed by atoms with Gasteiger partial charge in [-0.15, -0.1) is 10.2 Å². The molecule has 35 heteroatoms. The molecule has 0 saturated carbocycles. The number of carbonyl (C=O) groups is 5. The van der Waals surface area contributed by atoms with Gasteiger partial charge in [-0.2, -0.15) is 52.7 Å². The first-order chi connectivity index (χ1) is 40.5. The molecule has 9 N–H and O–H groups in total. The van der Waals surface area contributed by atoms with Crippen LogP contribution >= 0.6 is 23.2 Å². The number of aliphatic hydroxyl groups is 3. The second-order valence-electron chi connectivity index (χ2n) is 20.6. The zero-order valence-corrected chi connectivity index (χ0v) is 47.6. The molecule has 478 valence electrons. The van der Waals surface area contributed by atoms with Crippen LogP contribution in [0.4, 0.5) is 52.7 Å². The lowest BCUT2D eigenvalue weighted by molar-refractivity contribution is -0.207. The van der Waals surface area contributed by atoms with Crippen molar-refractivity contribution in [2.24, 2.45) is 5.73 Å². The van der Waals surface area contributed by atoms with E-state index in [1.54, 1.807) is 0 Å². The Balaban J connectivity index is 0.000000321. The molecule has 1 unspecified atom stereocenters. The van der Waals surface area contributed by atoms with Gasteiger partial charge < -0.3 is 37.0 Å². The van der Waals surface area contributed by atoms with Crippen molar-refractivity contribution in [1.29, 1.82) is 0 Å².